The topological polar surface area (TPSA) is 119 Å². The van der Waals surface area contributed by atoms with Gasteiger partial charge in [0, 0.05) is 35.8 Å². The molecule has 0 amide bonds. The Kier molecular flexibility index (Phi) is 5.86. The number of hydrogen-bond acceptors (Lipinski definition) is 8. The van der Waals surface area contributed by atoms with E-state index in [-0.39, 0.29) is 12.0 Å². The Balaban J connectivity index is 2.08. The average Bonchev–Trinajstić information content (AvgIpc) is 3.11. The molecule has 8 heteroatoms. The Morgan fingerprint density at radius 2 is 1.90 bits per heavy atom. The van der Waals surface area contributed by atoms with Gasteiger partial charge in [0.2, 0.25) is 0 Å². The minimum absolute atomic E-state index is 0.0763. The number of rotatable bonds is 3. The minimum Gasteiger partial charge on any atom is -0.462 e. The fraction of sp³-hybridized carbons (Fsp3) is 0.682. The van der Waals surface area contributed by atoms with E-state index in [1.54, 1.807) is 33.8 Å². The van der Waals surface area contributed by atoms with E-state index in [1.807, 2.05) is 0 Å². The van der Waals surface area contributed by atoms with E-state index in [2.05, 4.69) is 6.58 Å². The maximum atomic E-state index is 12.5. The van der Waals surface area contributed by atoms with Crippen LogP contribution in [0.3, 0.4) is 0 Å². The van der Waals surface area contributed by atoms with E-state index in [0.29, 0.717) is 5.57 Å². The first-order valence-electron chi connectivity index (χ1n) is 10.2. The number of carbonyl (C=O) groups is 3. The molecule has 2 aliphatic carbocycles. The average molecular weight is 422 g/mol. The second-order valence-corrected chi connectivity index (χ2v) is 8.86. The standard InChI is InChI=1S/C22H30O8/c1-7-9(2)20(26)29-13-8-14(28-12(5)23)22(6)16(13)11(4)17(24)18-15(19(22)25)10(3)21(27)30-18/h7,11,13-19,24-25H,3,8H2,1-2,4-6H3/b9-7-/t11-,13-,14+,15+,16+,17+,18+,19+,22+/m0/s1. The van der Waals surface area contributed by atoms with Gasteiger partial charge in [-0.1, -0.05) is 26.5 Å². The second kappa shape index (κ2) is 7.81. The lowest BCUT2D eigenvalue weighted by Gasteiger charge is -2.42. The molecule has 0 bridgehead atoms. The van der Waals surface area contributed by atoms with Gasteiger partial charge in [-0.25, -0.2) is 9.59 Å². The van der Waals surface area contributed by atoms with E-state index in [0.717, 1.165) is 0 Å². The maximum absolute atomic E-state index is 12.5. The Hall–Kier alpha value is -2.19. The number of carbonyl (C=O) groups excluding carboxylic acids is 3. The molecule has 166 valence electrons. The van der Waals surface area contributed by atoms with Gasteiger partial charge >= 0.3 is 17.9 Å². The summed E-state index contributed by atoms with van der Waals surface area (Å²) in [6.45, 7) is 11.9. The number of esters is 3. The third-order valence-electron chi connectivity index (χ3n) is 7.26. The predicted molar refractivity (Wildman–Crippen MR) is 105 cm³/mol. The first-order chi connectivity index (χ1) is 13.9. The number of aliphatic hydroxyl groups excluding tert-OH is 2. The van der Waals surface area contributed by atoms with Crippen LogP contribution < -0.4 is 0 Å². The van der Waals surface area contributed by atoms with Crippen LogP contribution in [0.4, 0.5) is 0 Å². The van der Waals surface area contributed by atoms with Crippen LogP contribution in [0, 0.1) is 23.2 Å². The zero-order valence-electron chi connectivity index (χ0n) is 18.0. The van der Waals surface area contributed by atoms with Gasteiger partial charge in [-0.15, -0.1) is 0 Å². The van der Waals surface area contributed by atoms with Gasteiger partial charge in [-0.2, -0.15) is 0 Å². The molecule has 0 radical (unpaired) electrons. The minimum atomic E-state index is -1.21. The van der Waals surface area contributed by atoms with Crippen LogP contribution in [0.25, 0.3) is 0 Å². The molecule has 0 spiro atoms. The first-order valence-corrected chi connectivity index (χ1v) is 10.2. The second-order valence-electron chi connectivity index (χ2n) is 8.86. The smallest absolute Gasteiger partial charge is 0.334 e. The fourth-order valence-corrected chi connectivity index (χ4v) is 5.52. The van der Waals surface area contributed by atoms with Crippen molar-refractivity contribution >= 4 is 17.9 Å². The molecule has 3 aliphatic rings. The normalized spacial score (nSPS) is 43.4. The van der Waals surface area contributed by atoms with Crippen LogP contribution in [-0.2, 0) is 28.6 Å². The Morgan fingerprint density at radius 1 is 1.27 bits per heavy atom. The van der Waals surface area contributed by atoms with Crippen molar-refractivity contribution in [3.63, 3.8) is 0 Å². The van der Waals surface area contributed by atoms with Crippen LogP contribution >= 0.6 is 0 Å². The highest BCUT2D eigenvalue weighted by Gasteiger charge is 2.68. The van der Waals surface area contributed by atoms with Gasteiger partial charge in [0.15, 0.2) is 0 Å². The highest BCUT2D eigenvalue weighted by molar-refractivity contribution is 5.91. The number of allylic oxidation sites excluding steroid dienone is 1. The third kappa shape index (κ3) is 3.26. The molecule has 9 atom stereocenters. The van der Waals surface area contributed by atoms with E-state index in [9.17, 15) is 24.6 Å². The molecule has 0 aromatic heterocycles. The molecule has 2 saturated carbocycles. The Labute approximate surface area is 175 Å². The van der Waals surface area contributed by atoms with Crippen LogP contribution in [0.15, 0.2) is 23.8 Å². The summed E-state index contributed by atoms with van der Waals surface area (Å²) >= 11 is 0. The highest BCUT2D eigenvalue weighted by atomic mass is 16.6. The molecule has 0 aromatic carbocycles. The van der Waals surface area contributed by atoms with Gasteiger partial charge in [-0.3, -0.25) is 4.79 Å². The molecule has 1 saturated heterocycles. The summed E-state index contributed by atoms with van der Waals surface area (Å²) in [4.78, 5) is 36.4. The van der Waals surface area contributed by atoms with E-state index in [1.165, 1.54) is 6.92 Å². The third-order valence-corrected chi connectivity index (χ3v) is 7.26. The monoisotopic (exact) mass is 422 g/mol. The van der Waals surface area contributed by atoms with Crippen molar-refractivity contribution in [1.29, 1.82) is 0 Å². The summed E-state index contributed by atoms with van der Waals surface area (Å²) in [6, 6.07) is 0. The quantitative estimate of drug-likeness (QED) is 0.397. The first kappa shape index (κ1) is 22.5. The molecule has 3 rings (SSSR count). The molecular formula is C22H30O8. The molecule has 2 N–H and O–H groups in total. The van der Waals surface area contributed by atoms with Crippen molar-refractivity contribution in [1.82, 2.24) is 0 Å². The highest BCUT2D eigenvalue weighted by Crippen LogP contribution is 2.58. The summed E-state index contributed by atoms with van der Waals surface area (Å²) in [6.07, 6.45) is -2.96. The van der Waals surface area contributed by atoms with Crippen molar-refractivity contribution in [2.75, 3.05) is 0 Å². The zero-order chi connectivity index (χ0) is 22.5. The number of hydrogen-bond donors (Lipinski definition) is 2. The lowest BCUT2D eigenvalue weighted by molar-refractivity contribution is -0.162. The molecule has 1 aliphatic heterocycles. The molecule has 8 nitrogen and oxygen atoms in total. The molecule has 3 fully saturated rings. The fourth-order valence-electron chi connectivity index (χ4n) is 5.52. The predicted octanol–water partition coefficient (Wildman–Crippen LogP) is 1.29. The molecule has 1 heterocycles. The zero-order valence-corrected chi connectivity index (χ0v) is 18.0. The van der Waals surface area contributed by atoms with Crippen LogP contribution in [0.1, 0.15) is 41.0 Å². The van der Waals surface area contributed by atoms with Crippen molar-refractivity contribution in [2.24, 2.45) is 23.2 Å². The lowest BCUT2D eigenvalue weighted by atomic mass is 9.66. The van der Waals surface area contributed by atoms with E-state index in [4.69, 9.17) is 14.2 Å². The SMILES string of the molecule is C=C1C(=O)O[C@H]2[C@H](O)[C@@H](C)[C@@H]3[C@@H](OC(=O)/C(C)=C\C)C[C@@H](OC(C)=O)[C@@]3(C)[C@H](O)[C@H]12. The molecule has 30 heavy (non-hydrogen) atoms. The number of fused-ring (bicyclic) bond motifs is 2. The van der Waals surface area contributed by atoms with Crippen molar-refractivity contribution < 1.29 is 38.8 Å². The van der Waals surface area contributed by atoms with Crippen molar-refractivity contribution in [2.45, 2.75) is 71.6 Å². The van der Waals surface area contributed by atoms with Crippen LogP contribution in [0.5, 0.6) is 0 Å². The summed E-state index contributed by atoms with van der Waals surface area (Å²) in [7, 11) is 0. The Morgan fingerprint density at radius 3 is 2.47 bits per heavy atom. The summed E-state index contributed by atoms with van der Waals surface area (Å²) < 4.78 is 16.6. The molecule has 0 unspecified atom stereocenters. The molecule has 0 aromatic rings. The number of aliphatic hydroxyl groups is 2. The van der Waals surface area contributed by atoms with Gasteiger partial charge < -0.3 is 24.4 Å². The van der Waals surface area contributed by atoms with Gasteiger partial charge in [0.25, 0.3) is 0 Å². The molecular weight excluding hydrogens is 392 g/mol. The summed E-state index contributed by atoms with van der Waals surface area (Å²) in [5.74, 6) is -3.62. The van der Waals surface area contributed by atoms with E-state index < -0.39 is 71.6 Å². The van der Waals surface area contributed by atoms with E-state index >= 15 is 0 Å². The van der Waals surface area contributed by atoms with Crippen LogP contribution in [0.2, 0.25) is 0 Å². The number of ether oxygens (including phenoxy) is 3. The largest absolute Gasteiger partial charge is 0.462 e. The van der Waals surface area contributed by atoms with Crippen molar-refractivity contribution in [3.05, 3.63) is 23.8 Å². The van der Waals surface area contributed by atoms with Gasteiger partial charge in [-0.05, 0) is 19.8 Å². The van der Waals surface area contributed by atoms with Gasteiger partial charge in [0.05, 0.1) is 18.1 Å². The Bertz CT molecular complexity index is 801. The van der Waals surface area contributed by atoms with Gasteiger partial charge in [0.1, 0.15) is 18.3 Å². The van der Waals surface area contributed by atoms with Crippen LogP contribution in [-0.4, -0.2) is 58.6 Å². The lowest BCUT2D eigenvalue weighted by Crippen LogP contribution is -2.50. The summed E-state index contributed by atoms with van der Waals surface area (Å²) in [5, 5.41) is 22.5. The van der Waals surface area contributed by atoms with Crippen molar-refractivity contribution in [3.8, 4) is 0 Å². The summed E-state index contributed by atoms with van der Waals surface area (Å²) in [5.41, 5.74) is -0.599. The maximum Gasteiger partial charge on any atom is 0.334 e.